The summed E-state index contributed by atoms with van der Waals surface area (Å²) in [7, 11) is 1.66. The molecule has 0 bridgehead atoms. The summed E-state index contributed by atoms with van der Waals surface area (Å²) >= 11 is 0. The van der Waals surface area contributed by atoms with E-state index in [4.69, 9.17) is 4.74 Å². The molecule has 1 aliphatic rings. The van der Waals surface area contributed by atoms with E-state index in [1.165, 1.54) is 0 Å². The van der Waals surface area contributed by atoms with Crippen LogP contribution in [-0.2, 0) is 5.54 Å². The minimum atomic E-state index is -0.329. The summed E-state index contributed by atoms with van der Waals surface area (Å²) in [4.78, 5) is 0. The molecule has 4 heteroatoms. The molecule has 0 radical (unpaired) electrons. The van der Waals surface area contributed by atoms with E-state index in [1.807, 2.05) is 24.3 Å². The van der Waals surface area contributed by atoms with Crippen molar-refractivity contribution < 1.29 is 9.84 Å². The Hall–Kier alpha value is -0.770. The number of benzene rings is 1. The first-order chi connectivity index (χ1) is 7.66. The molecule has 2 atom stereocenters. The fourth-order valence-corrected chi connectivity index (χ4v) is 2.28. The molecule has 1 aromatic rings. The van der Waals surface area contributed by atoms with E-state index >= 15 is 0 Å². The molecule has 96 valence electrons. The van der Waals surface area contributed by atoms with Crippen LogP contribution in [0.4, 0.5) is 0 Å². The van der Waals surface area contributed by atoms with Crippen LogP contribution in [0.15, 0.2) is 24.3 Å². The summed E-state index contributed by atoms with van der Waals surface area (Å²) in [5.41, 5.74) is 0.783. The zero-order valence-electron chi connectivity index (χ0n) is 10.3. The van der Waals surface area contributed by atoms with Gasteiger partial charge in [-0.05, 0) is 44.0 Å². The first kappa shape index (κ1) is 14.3. The minimum Gasteiger partial charge on any atom is -0.497 e. The molecule has 1 fully saturated rings. The number of aliphatic hydroxyl groups is 1. The van der Waals surface area contributed by atoms with Crippen molar-refractivity contribution in [2.24, 2.45) is 0 Å². The van der Waals surface area contributed by atoms with Gasteiger partial charge in [-0.15, -0.1) is 12.4 Å². The van der Waals surface area contributed by atoms with Crippen LogP contribution in [0.5, 0.6) is 5.75 Å². The summed E-state index contributed by atoms with van der Waals surface area (Å²) < 4.78 is 5.13. The lowest BCUT2D eigenvalue weighted by atomic mass is 9.81. The van der Waals surface area contributed by atoms with E-state index in [1.54, 1.807) is 7.11 Å². The third kappa shape index (κ3) is 2.73. The molecule has 1 aromatic carbocycles. The van der Waals surface area contributed by atoms with Crippen molar-refractivity contribution in [2.75, 3.05) is 13.7 Å². The first-order valence-electron chi connectivity index (χ1n) is 5.74. The molecular weight excluding hydrogens is 238 g/mol. The monoisotopic (exact) mass is 257 g/mol. The van der Waals surface area contributed by atoms with Gasteiger partial charge in [-0.1, -0.05) is 12.1 Å². The molecule has 2 N–H and O–H groups in total. The minimum absolute atomic E-state index is 0. The lowest BCUT2D eigenvalue weighted by molar-refractivity contribution is 0.0384. The Kier molecular flexibility index (Phi) is 4.80. The zero-order chi connectivity index (χ0) is 11.6. The molecular formula is C13H20ClNO2. The van der Waals surface area contributed by atoms with Gasteiger partial charge in [0.05, 0.1) is 18.8 Å². The molecule has 1 heterocycles. The van der Waals surface area contributed by atoms with Crippen LogP contribution in [-0.4, -0.2) is 24.9 Å². The summed E-state index contributed by atoms with van der Waals surface area (Å²) in [6.07, 6.45) is 1.57. The summed E-state index contributed by atoms with van der Waals surface area (Å²) in [6.45, 7) is 3.01. The normalized spacial score (nSPS) is 28.3. The molecule has 0 saturated carbocycles. The highest BCUT2D eigenvalue weighted by Crippen LogP contribution is 2.31. The van der Waals surface area contributed by atoms with Gasteiger partial charge in [-0.3, -0.25) is 0 Å². The first-order valence-corrected chi connectivity index (χ1v) is 5.74. The van der Waals surface area contributed by atoms with Gasteiger partial charge in [0, 0.05) is 0 Å². The summed E-state index contributed by atoms with van der Waals surface area (Å²) in [5, 5.41) is 13.5. The zero-order valence-corrected chi connectivity index (χ0v) is 11.1. The van der Waals surface area contributed by atoms with Crippen molar-refractivity contribution in [3.63, 3.8) is 0 Å². The largest absolute Gasteiger partial charge is 0.497 e. The highest BCUT2D eigenvalue weighted by Gasteiger charge is 2.36. The maximum atomic E-state index is 10.1. The molecule has 0 amide bonds. The number of hydrogen-bond acceptors (Lipinski definition) is 3. The predicted octanol–water partition coefficient (Wildman–Crippen LogP) is 2.08. The van der Waals surface area contributed by atoms with E-state index < -0.39 is 0 Å². The number of nitrogens with one attached hydrogen (secondary N) is 1. The second kappa shape index (κ2) is 5.71. The van der Waals surface area contributed by atoms with Crippen LogP contribution < -0.4 is 10.1 Å². The van der Waals surface area contributed by atoms with Crippen LogP contribution in [0.3, 0.4) is 0 Å². The Morgan fingerprint density at radius 2 is 2.00 bits per heavy atom. The van der Waals surface area contributed by atoms with E-state index in [-0.39, 0.29) is 24.0 Å². The van der Waals surface area contributed by atoms with E-state index in [2.05, 4.69) is 12.2 Å². The quantitative estimate of drug-likeness (QED) is 0.852. The Bertz CT molecular complexity index is 355. The van der Waals surface area contributed by atoms with Crippen molar-refractivity contribution >= 4 is 12.4 Å². The lowest BCUT2D eigenvalue weighted by Crippen LogP contribution is -2.53. The van der Waals surface area contributed by atoms with E-state index in [0.29, 0.717) is 0 Å². The molecule has 17 heavy (non-hydrogen) atoms. The van der Waals surface area contributed by atoms with Crippen molar-refractivity contribution in [2.45, 2.75) is 31.4 Å². The highest BCUT2D eigenvalue weighted by atomic mass is 35.5. The highest BCUT2D eigenvalue weighted by molar-refractivity contribution is 5.85. The van der Waals surface area contributed by atoms with Gasteiger partial charge in [-0.2, -0.15) is 0 Å². The Labute approximate surface area is 109 Å². The number of piperidine rings is 1. The lowest BCUT2D eigenvalue weighted by Gasteiger charge is -2.40. The number of methoxy groups -OCH3 is 1. The van der Waals surface area contributed by atoms with Gasteiger partial charge in [0.25, 0.3) is 0 Å². The van der Waals surface area contributed by atoms with E-state index in [0.717, 1.165) is 30.7 Å². The van der Waals surface area contributed by atoms with Crippen LogP contribution in [0.25, 0.3) is 0 Å². The molecule has 0 aliphatic carbocycles. The molecule has 3 nitrogen and oxygen atoms in total. The van der Waals surface area contributed by atoms with Gasteiger partial charge in [-0.25, -0.2) is 0 Å². The number of halogens is 1. The fourth-order valence-electron chi connectivity index (χ4n) is 2.28. The van der Waals surface area contributed by atoms with Crippen LogP contribution in [0.2, 0.25) is 0 Å². The number of ether oxygens (including phenoxy) is 1. The van der Waals surface area contributed by atoms with Gasteiger partial charge in [0.2, 0.25) is 0 Å². The Morgan fingerprint density at radius 3 is 2.53 bits per heavy atom. The van der Waals surface area contributed by atoms with Gasteiger partial charge in [0.1, 0.15) is 5.75 Å². The molecule has 1 aliphatic heterocycles. The molecule has 2 unspecified atom stereocenters. The SMILES string of the molecule is COc1ccc(C2(C)NCCCC2O)cc1.Cl. The Balaban J connectivity index is 0.00000144. The number of rotatable bonds is 2. The molecule has 1 saturated heterocycles. The third-order valence-corrected chi connectivity index (χ3v) is 3.50. The standard InChI is InChI=1S/C13H19NO2.ClH/c1-13(12(15)4-3-9-14-13)10-5-7-11(16-2)8-6-10;/h5-8,12,14-15H,3-4,9H2,1-2H3;1H. The van der Waals surface area contributed by atoms with Crippen LogP contribution in [0.1, 0.15) is 25.3 Å². The average molecular weight is 258 g/mol. The topological polar surface area (TPSA) is 41.5 Å². The van der Waals surface area contributed by atoms with Gasteiger partial charge >= 0.3 is 0 Å². The summed E-state index contributed by atoms with van der Waals surface area (Å²) in [5.74, 6) is 0.845. The van der Waals surface area contributed by atoms with Crippen molar-refractivity contribution in [1.29, 1.82) is 0 Å². The second-order valence-corrected chi connectivity index (χ2v) is 4.52. The van der Waals surface area contributed by atoms with Gasteiger partial charge < -0.3 is 15.2 Å². The second-order valence-electron chi connectivity index (χ2n) is 4.52. The smallest absolute Gasteiger partial charge is 0.118 e. The van der Waals surface area contributed by atoms with Crippen molar-refractivity contribution in [1.82, 2.24) is 5.32 Å². The molecule has 0 spiro atoms. The fraction of sp³-hybridized carbons (Fsp3) is 0.538. The number of aliphatic hydroxyl groups excluding tert-OH is 1. The van der Waals surface area contributed by atoms with Gasteiger partial charge in [0.15, 0.2) is 0 Å². The number of hydrogen-bond donors (Lipinski definition) is 2. The van der Waals surface area contributed by atoms with Crippen molar-refractivity contribution in [3.8, 4) is 5.75 Å². The molecule has 0 aromatic heterocycles. The maximum absolute atomic E-state index is 10.1. The predicted molar refractivity (Wildman–Crippen MR) is 70.8 cm³/mol. The Morgan fingerprint density at radius 1 is 1.35 bits per heavy atom. The van der Waals surface area contributed by atoms with Crippen LogP contribution >= 0.6 is 12.4 Å². The third-order valence-electron chi connectivity index (χ3n) is 3.50. The van der Waals surface area contributed by atoms with E-state index in [9.17, 15) is 5.11 Å². The summed E-state index contributed by atoms with van der Waals surface area (Å²) in [6, 6.07) is 7.90. The average Bonchev–Trinajstić information content (AvgIpc) is 2.33. The van der Waals surface area contributed by atoms with Crippen LogP contribution in [0, 0.1) is 0 Å². The van der Waals surface area contributed by atoms with Crippen molar-refractivity contribution in [3.05, 3.63) is 29.8 Å². The molecule has 2 rings (SSSR count). The maximum Gasteiger partial charge on any atom is 0.118 e.